The van der Waals surface area contributed by atoms with E-state index in [1.54, 1.807) is 23.9 Å². The van der Waals surface area contributed by atoms with Gasteiger partial charge in [-0.3, -0.25) is 0 Å². The Morgan fingerprint density at radius 1 is 1.11 bits per heavy atom. The van der Waals surface area contributed by atoms with Crippen molar-refractivity contribution in [3.05, 3.63) is 59.9 Å². The van der Waals surface area contributed by atoms with E-state index in [1.165, 1.54) is 11.0 Å². The van der Waals surface area contributed by atoms with E-state index in [1.807, 2.05) is 25.1 Å². The van der Waals surface area contributed by atoms with E-state index in [4.69, 9.17) is 0 Å². The molecule has 2 aromatic carbocycles. The summed E-state index contributed by atoms with van der Waals surface area (Å²) in [5, 5.41) is 3.26. The molecule has 0 bridgehead atoms. The van der Waals surface area contributed by atoms with Gasteiger partial charge in [0.05, 0.1) is 0 Å². The Morgan fingerprint density at radius 3 is 2.67 bits per heavy atom. The molecule has 0 aromatic heterocycles. The highest BCUT2D eigenvalue weighted by molar-refractivity contribution is 7.99. The van der Waals surface area contributed by atoms with Gasteiger partial charge in [-0.2, -0.15) is 0 Å². The molecule has 0 spiro atoms. The summed E-state index contributed by atoms with van der Waals surface area (Å²) in [7, 11) is 0. The average molecular weight is 261 g/mol. The molecular formula is C15H16FNS. The maximum Gasteiger partial charge on any atom is 0.125 e. The highest BCUT2D eigenvalue weighted by atomic mass is 32.2. The van der Waals surface area contributed by atoms with Crippen molar-refractivity contribution in [2.24, 2.45) is 0 Å². The second-order valence-corrected chi connectivity index (χ2v) is 5.22. The third kappa shape index (κ3) is 3.77. The lowest BCUT2D eigenvalue weighted by Gasteiger charge is -2.09. The standard InChI is InChI=1S/C15H16FNS/c1-12-7-8-13(16)11-15(12)17-9-10-18-14-5-3-2-4-6-14/h2-8,11,17H,9-10H2,1H3. The molecule has 0 atom stereocenters. The maximum atomic E-state index is 13.1. The van der Waals surface area contributed by atoms with Gasteiger partial charge >= 0.3 is 0 Å². The van der Waals surface area contributed by atoms with E-state index in [2.05, 4.69) is 17.4 Å². The topological polar surface area (TPSA) is 12.0 Å². The van der Waals surface area contributed by atoms with Crippen LogP contribution in [0.3, 0.4) is 0 Å². The molecule has 3 heteroatoms. The molecule has 0 amide bonds. The normalized spacial score (nSPS) is 10.3. The van der Waals surface area contributed by atoms with Gasteiger partial charge in [0.25, 0.3) is 0 Å². The molecular weight excluding hydrogens is 245 g/mol. The Balaban J connectivity index is 1.80. The van der Waals surface area contributed by atoms with E-state index in [-0.39, 0.29) is 5.82 Å². The summed E-state index contributed by atoms with van der Waals surface area (Å²) in [5.74, 6) is 0.763. The van der Waals surface area contributed by atoms with Crippen LogP contribution in [0.25, 0.3) is 0 Å². The number of anilines is 1. The fourth-order valence-electron chi connectivity index (χ4n) is 1.66. The number of benzene rings is 2. The maximum absolute atomic E-state index is 13.1. The van der Waals surface area contributed by atoms with E-state index in [0.29, 0.717) is 0 Å². The summed E-state index contributed by atoms with van der Waals surface area (Å²) in [6.07, 6.45) is 0. The number of hydrogen-bond donors (Lipinski definition) is 1. The zero-order chi connectivity index (χ0) is 12.8. The zero-order valence-corrected chi connectivity index (χ0v) is 11.1. The van der Waals surface area contributed by atoms with Crippen molar-refractivity contribution < 1.29 is 4.39 Å². The molecule has 18 heavy (non-hydrogen) atoms. The first kappa shape index (κ1) is 13.0. The van der Waals surface area contributed by atoms with Crippen LogP contribution < -0.4 is 5.32 Å². The van der Waals surface area contributed by atoms with Crippen molar-refractivity contribution in [1.82, 2.24) is 0 Å². The molecule has 2 aromatic rings. The van der Waals surface area contributed by atoms with Crippen molar-refractivity contribution in [2.75, 3.05) is 17.6 Å². The number of thioether (sulfide) groups is 1. The first-order valence-corrected chi connectivity index (χ1v) is 6.92. The molecule has 1 nitrogen and oxygen atoms in total. The zero-order valence-electron chi connectivity index (χ0n) is 10.3. The highest BCUT2D eigenvalue weighted by Gasteiger charge is 1.99. The molecule has 2 rings (SSSR count). The van der Waals surface area contributed by atoms with Gasteiger partial charge in [0, 0.05) is 22.9 Å². The molecule has 0 aliphatic heterocycles. The predicted octanol–water partition coefficient (Wildman–Crippen LogP) is 4.34. The van der Waals surface area contributed by atoms with Crippen LogP contribution in [-0.4, -0.2) is 12.3 Å². The molecule has 0 fully saturated rings. The van der Waals surface area contributed by atoms with Crippen LogP contribution in [-0.2, 0) is 0 Å². The third-order valence-electron chi connectivity index (χ3n) is 2.63. The van der Waals surface area contributed by atoms with Crippen molar-refractivity contribution in [3.8, 4) is 0 Å². The minimum atomic E-state index is -0.196. The molecule has 0 heterocycles. The summed E-state index contributed by atoms with van der Waals surface area (Å²) in [6, 6.07) is 15.1. The van der Waals surface area contributed by atoms with E-state index in [9.17, 15) is 4.39 Å². The Labute approximate surface area is 111 Å². The van der Waals surface area contributed by atoms with E-state index in [0.717, 1.165) is 23.5 Å². The number of aryl methyl sites for hydroxylation is 1. The van der Waals surface area contributed by atoms with Gasteiger partial charge in [0.1, 0.15) is 5.82 Å². The summed E-state index contributed by atoms with van der Waals surface area (Å²) in [5.41, 5.74) is 1.95. The van der Waals surface area contributed by atoms with Crippen LogP contribution in [0.15, 0.2) is 53.4 Å². The molecule has 0 saturated heterocycles. The van der Waals surface area contributed by atoms with Gasteiger partial charge in [-0.15, -0.1) is 11.8 Å². The Morgan fingerprint density at radius 2 is 1.89 bits per heavy atom. The van der Waals surface area contributed by atoms with Crippen LogP contribution >= 0.6 is 11.8 Å². The number of nitrogens with one attached hydrogen (secondary N) is 1. The lowest BCUT2D eigenvalue weighted by atomic mass is 10.2. The van der Waals surface area contributed by atoms with Crippen LogP contribution in [0.1, 0.15) is 5.56 Å². The summed E-state index contributed by atoms with van der Waals surface area (Å²) < 4.78 is 13.1. The fraction of sp³-hybridized carbons (Fsp3) is 0.200. The second kappa shape index (κ2) is 6.45. The van der Waals surface area contributed by atoms with Gasteiger partial charge in [-0.1, -0.05) is 24.3 Å². The number of hydrogen-bond acceptors (Lipinski definition) is 2. The molecule has 0 aliphatic carbocycles. The molecule has 0 aliphatic rings. The summed E-state index contributed by atoms with van der Waals surface area (Å²) >= 11 is 1.79. The average Bonchev–Trinajstić information content (AvgIpc) is 2.40. The van der Waals surface area contributed by atoms with Crippen molar-refractivity contribution in [2.45, 2.75) is 11.8 Å². The van der Waals surface area contributed by atoms with Crippen molar-refractivity contribution >= 4 is 17.4 Å². The van der Waals surface area contributed by atoms with Crippen LogP contribution in [0, 0.1) is 12.7 Å². The lowest BCUT2D eigenvalue weighted by molar-refractivity contribution is 0.628. The monoisotopic (exact) mass is 261 g/mol. The van der Waals surface area contributed by atoms with Gasteiger partial charge < -0.3 is 5.32 Å². The fourth-order valence-corrected chi connectivity index (χ4v) is 2.45. The number of halogens is 1. The Kier molecular flexibility index (Phi) is 4.65. The molecule has 0 unspecified atom stereocenters. The molecule has 1 N–H and O–H groups in total. The third-order valence-corrected chi connectivity index (χ3v) is 3.64. The molecule has 0 saturated carbocycles. The van der Waals surface area contributed by atoms with Crippen molar-refractivity contribution in [1.29, 1.82) is 0 Å². The summed E-state index contributed by atoms with van der Waals surface area (Å²) in [4.78, 5) is 1.26. The quantitative estimate of drug-likeness (QED) is 0.635. The lowest BCUT2D eigenvalue weighted by Crippen LogP contribution is -2.05. The van der Waals surface area contributed by atoms with Gasteiger partial charge in [-0.25, -0.2) is 4.39 Å². The predicted molar refractivity (Wildman–Crippen MR) is 76.8 cm³/mol. The van der Waals surface area contributed by atoms with E-state index < -0.39 is 0 Å². The van der Waals surface area contributed by atoms with Gasteiger partial charge in [0.2, 0.25) is 0 Å². The summed E-state index contributed by atoms with van der Waals surface area (Å²) in [6.45, 7) is 2.80. The van der Waals surface area contributed by atoms with Gasteiger partial charge in [-0.05, 0) is 36.8 Å². The molecule has 94 valence electrons. The van der Waals surface area contributed by atoms with Crippen LogP contribution in [0.5, 0.6) is 0 Å². The molecule has 0 radical (unpaired) electrons. The van der Waals surface area contributed by atoms with E-state index >= 15 is 0 Å². The largest absolute Gasteiger partial charge is 0.384 e. The Hall–Kier alpha value is -1.48. The Bertz CT molecular complexity index is 499. The number of rotatable bonds is 5. The second-order valence-electron chi connectivity index (χ2n) is 4.05. The first-order chi connectivity index (χ1) is 8.75. The first-order valence-electron chi connectivity index (χ1n) is 5.93. The van der Waals surface area contributed by atoms with Gasteiger partial charge in [0.15, 0.2) is 0 Å². The highest BCUT2D eigenvalue weighted by Crippen LogP contribution is 2.18. The minimum absolute atomic E-state index is 0.196. The van der Waals surface area contributed by atoms with Crippen LogP contribution in [0.2, 0.25) is 0 Å². The SMILES string of the molecule is Cc1ccc(F)cc1NCCSc1ccccc1. The van der Waals surface area contributed by atoms with Crippen LogP contribution in [0.4, 0.5) is 10.1 Å². The minimum Gasteiger partial charge on any atom is -0.384 e. The van der Waals surface area contributed by atoms with Crippen molar-refractivity contribution in [3.63, 3.8) is 0 Å². The smallest absolute Gasteiger partial charge is 0.125 e.